The second kappa shape index (κ2) is 5.60. The third kappa shape index (κ3) is 3.56. The number of sulfonamides is 1. The Morgan fingerprint density at radius 1 is 1.05 bits per heavy atom. The van der Waals surface area contributed by atoms with E-state index in [2.05, 4.69) is 0 Å². The van der Waals surface area contributed by atoms with Gasteiger partial charge in [-0.15, -0.1) is 0 Å². The molecule has 22 heavy (non-hydrogen) atoms. The van der Waals surface area contributed by atoms with Crippen molar-refractivity contribution in [3.63, 3.8) is 0 Å². The third-order valence-corrected chi connectivity index (χ3v) is 4.27. The average molecular weight is 333 g/mol. The summed E-state index contributed by atoms with van der Waals surface area (Å²) in [4.78, 5) is -0.552. The molecule has 0 spiro atoms. The molecule has 0 aliphatic carbocycles. The molecule has 0 heterocycles. The first kappa shape index (κ1) is 16.3. The highest BCUT2D eigenvalue weighted by atomic mass is 32.2. The summed E-state index contributed by atoms with van der Waals surface area (Å²) in [6.45, 7) is 1.50. The lowest BCUT2D eigenvalue weighted by Gasteiger charge is -2.11. The first-order valence-corrected chi connectivity index (χ1v) is 7.54. The van der Waals surface area contributed by atoms with E-state index in [0.717, 1.165) is 24.3 Å². The molecule has 2 aromatic rings. The number of benzene rings is 2. The van der Waals surface area contributed by atoms with Crippen LogP contribution in [-0.2, 0) is 16.2 Å². The zero-order valence-electron chi connectivity index (χ0n) is 11.3. The van der Waals surface area contributed by atoms with Gasteiger partial charge < -0.3 is 0 Å². The predicted molar refractivity (Wildman–Crippen MR) is 73.4 cm³/mol. The molecule has 0 saturated carbocycles. The highest BCUT2D eigenvalue weighted by molar-refractivity contribution is 7.92. The summed E-state index contributed by atoms with van der Waals surface area (Å²) in [5, 5.41) is 0. The molecule has 0 amide bonds. The van der Waals surface area contributed by atoms with E-state index in [9.17, 15) is 26.0 Å². The Kier molecular flexibility index (Phi) is 4.15. The number of aryl methyl sites for hydroxylation is 1. The Balaban J connectivity index is 2.36. The van der Waals surface area contributed by atoms with Gasteiger partial charge in [-0.05, 0) is 42.8 Å². The van der Waals surface area contributed by atoms with Crippen molar-refractivity contribution in [1.82, 2.24) is 0 Å². The van der Waals surface area contributed by atoms with Crippen molar-refractivity contribution >= 4 is 15.7 Å². The second-order valence-corrected chi connectivity index (χ2v) is 6.28. The number of nitrogens with one attached hydrogen (secondary N) is 1. The lowest BCUT2D eigenvalue weighted by atomic mass is 10.2. The molecule has 0 aliphatic rings. The van der Waals surface area contributed by atoms with Crippen LogP contribution in [0.4, 0.5) is 23.2 Å². The maximum atomic E-state index is 13.4. The number of hydrogen-bond acceptors (Lipinski definition) is 2. The Labute approximate surface area is 124 Å². The monoisotopic (exact) mass is 333 g/mol. The van der Waals surface area contributed by atoms with Crippen molar-refractivity contribution in [2.45, 2.75) is 18.0 Å². The minimum Gasteiger partial charge on any atom is -0.280 e. The Bertz CT molecular complexity index is 801. The average Bonchev–Trinajstić information content (AvgIpc) is 2.42. The number of hydrogen-bond donors (Lipinski definition) is 1. The molecule has 2 aromatic carbocycles. The molecule has 2 rings (SSSR count). The molecule has 0 aliphatic heterocycles. The fourth-order valence-corrected chi connectivity index (χ4v) is 2.80. The molecular weight excluding hydrogens is 322 g/mol. The van der Waals surface area contributed by atoms with Gasteiger partial charge in [0.15, 0.2) is 0 Å². The standard InChI is InChI=1S/C14H11F4NO2S/c1-9-5-6-11(8-13(9)15)19-22(20,21)12-4-2-3-10(7-12)14(16,17)18/h2-8,19H,1H3. The maximum absolute atomic E-state index is 13.4. The van der Waals surface area contributed by atoms with Crippen LogP contribution in [0.1, 0.15) is 11.1 Å². The lowest BCUT2D eigenvalue weighted by molar-refractivity contribution is -0.137. The number of rotatable bonds is 3. The van der Waals surface area contributed by atoms with Gasteiger partial charge in [0.25, 0.3) is 10.0 Å². The van der Waals surface area contributed by atoms with E-state index in [1.165, 1.54) is 19.1 Å². The van der Waals surface area contributed by atoms with Crippen molar-refractivity contribution < 1.29 is 26.0 Å². The zero-order valence-corrected chi connectivity index (χ0v) is 12.1. The van der Waals surface area contributed by atoms with Crippen LogP contribution in [0.3, 0.4) is 0 Å². The van der Waals surface area contributed by atoms with Crippen LogP contribution in [0.2, 0.25) is 0 Å². The van der Waals surface area contributed by atoms with E-state index in [1.54, 1.807) is 0 Å². The van der Waals surface area contributed by atoms with Crippen LogP contribution in [0.15, 0.2) is 47.4 Å². The Morgan fingerprint density at radius 3 is 2.32 bits per heavy atom. The fraction of sp³-hybridized carbons (Fsp3) is 0.143. The Morgan fingerprint density at radius 2 is 1.73 bits per heavy atom. The Hall–Kier alpha value is -2.09. The quantitative estimate of drug-likeness (QED) is 0.865. The van der Waals surface area contributed by atoms with Gasteiger partial charge >= 0.3 is 6.18 Å². The van der Waals surface area contributed by atoms with Gasteiger partial charge in [-0.2, -0.15) is 13.2 Å². The molecule has 3 nitrogen and oxygen atoms in total. The van der Waals surface area contributed by atoms with Crippen molar-refractivity contribution in [2.24, 2.45) is 0 Å². The molecule has 0 bridgehead atoms. The topological polar surface area (TPSA) is 46.2 Å². The molecule has 0 atom stereocenters. The smallest absolute Gasteiger partial charge is 0.280 e. The minimum atomic E-state index is -4.65. The highest BCUT2D eigenvalue weighted by Gasteiger charge is 2.31. The summed E-state index contributed by atoms with van der Waals surface area (Å²) in [6, 6.07) is 6.95. The highest BCUT2D eigenvalue weighted by Crippen LogP contribution is 2.30. The molecular formula is C14H11F4NO2S. The van der Waals surface area contributed by atoms with Gasteiger partial charge in [0.1, 0.15) is 5.82 Å². The maximum Gasteiger partial charge on any atom is 0.416 e. The van der Waals surface area contributed by atoms with Gasteiger partial charge in [-0.3, -0.25) is 4.72 Å². The molecule has 0 aromatic heterocycles. The van der Waals surface area contributed by atoms with Gasteiger partial charge in [0.2, 0.25) is 0 Å². The van der Waals surface area contributed by atoms with Gasteiger partial charge in [0, 0.05) is 0 Å². The van der Waals surface area contributed by atoms with Crippen LogP contribution in [0.5, 0.6) is 0 Å². The third-order valence-electron chi connectivity index (χ3n) is 2.90. The second-order valence-electron chi connectivity index (χ2n) is 4.60. The number of anilines is 1. The van der Waals surface area contributed by atoms with Crippen molar-refractivity contribution in [3.8, 4) is 0 Å². The minimum absolute atomic E-state index is 0.0690. The van der Waals surface area contributed by atoms with E-state index < -0.39 is 32.5 Å². The van der Waals surface area contributed by atoms with Crippen LogP contribution >= 0.6 is 0 Å². The van der Waals surface area contributed by atoms with E-state index in [-0.39, 0.29) is 5.69 Å². The molecule has 0 radical (unpaired) electrons. The van der Waals surface area contributed by atoms with E-state index in [0.29, 0.717) is 11.6 Å². The summed E-state index contributed by atoms with van der Waals surface area (Å²) in [6.07, 6.45) is -4.65. The van der Waals surface area contributed by atoms with Crippen LogP contribution < -0.4 is 4.72 Å². The predicted octanol–water partition coefficient (Wildman–Crippen LogP) is 3.95. The molecule has 0 saturated heterocycles. The first-order valence-electron chi connectivity index (χ1n) is 6.06. The summed E-state index contributed by atoms with van der Waals surface area (Å²) in [5.41, 5.74) is -0.826. The molecule has 0 fully saturated rings. The normalized spacial score (nSPS) is 12.2. The van der Waals surface area contributed by atoms with Crippen LogP contribution in [0.25, 0.3) is 0 Å². The van der Waals surface area contributed by atoms with Crippen molar-refractivity contribution in [3.05, 3.63) is 59.4 Å². The van der Waals surface area contributed by atoms with Gasteiger partial charge in [-0.25, -0.2) is 12.8 Å². The summed E-state index contributed by atoms with van der Waals surface area (Å²) >= 11 is 0. The lowest BCUT2D eigenvalue weighted by Crippen LogP contribution is -2.14. The van der Waals surface area contributed by atoms with Crippen molar-refractivity contribution in [2.75, 3.05) is 4.72 Å². The fourth-order valence-electron chi connectivity index (χ4n) is 1.71. The molecule has 1 N–H and O–H groups in total. The molecule has 8 heteroatoms. The molecule has 118 valence electrons. The molecule has 0 unspecified atom stereocenters. The van der Waals surface area contributed by atoms with E-state index in [1.807, 2.05) is 4.72 Å². The summed E-state index contributed by atoms with van der Waals surface area (Å²) < 4.78 is 77.4. The number of alkyl halides is 3. The van der Waals surface area contributed by atoms with Gasteiger partial charge in [0.05, 0.1) is 16.1 Å². The van der Waals surface area contributed by atoms with E-state index >= 15 is 0 Å². The number of halogens is 4. The van der Waals surface area contributed by atoms with Crippen molar-refractivity contribution in [1.29, 1.82) is 0 Å². The van der Waals surface area contributed by atoms with Crippen LogP contribution in [-0.4, -0.2) is 8.42 Å². The zero-order chi connectivity index (χ0) is 16.5. The largest absolute Gasteiger partial charge is 0.416 e. The summed E-state index contributed by atoms with van der Waals surface area (Å²) in [7, 11) is -4.24. The SMILES string of the molecule is Cc1ccc(NS(=O)(=O)c2cccc(C(F)(F)F)c2)cc1F. The first-order chi connectivity index (χ1) is 10.1. The van der Waals surface area contributed by atoms with Crippen LogP contribution in [0, 0.1) is 12.7 Å². The van der Waals surface area contributed by atoms with Gasteiger partial charge in [-0.1, -0.05) is 12.1 Å². The van der Waals surface area contributed by atoms with E-state index in [4.69, 9.17) is 0 Å². The summed E-state index contributed by atoms with van der Waals surface area (Å²) in [5.74, 6) is -0.621.